The second-order valence-corrected chi connectivity index (χ2v) is 9.67. The first-order valence-electron chi connectivity index (χ1n) is 12.3. The normalized spacial score (nSPS) is 23.1. The summed E-state index contributed by atoms with van der Waals surface area (Å²) in [6.45, 7) is 2.00. The summed E-state index contributed by atoms with van der Waals surface area (Å²) in [5.41, 5.74) is 4.08. The molecule has 1 aliphatic carbocycles. The van der Waals surface area contributed by atoms with Gasteiger partial charge >= 0.3 is 12.1 Å². The minimum Gasteiger partial charge on any atom is -0.481 e. The number of anilines is 1. The number of aromatic nitrogens is 2. The molecule has 2 aliphatic rings. The number of aliphatic hydroxyl groups is 1. The van der Waals surface area contributed by atoms with E-state index in [1.807, 2.05) is 49.4 Å². The van der Waals surface area contributed by atoms with E-state index < -0.39 is 24.1 Å². The van der Waals surface area contributed by atoms with Crippen LogP contribution in [0.4, 0.5) is 10.5 Å². The van der Waals surface area contributed by atoms with Crippen molar-refractivity contribution < 1.29 is 24.5 Å². The Morgan fingerprint density at radius 2 is 1.89 bits per heavy atom. The van der Waals surface area contributed by atoms with Crippen LogP contribution in [0.3, 0.4) is 0 Å². The third-order valence-electron chi connectivity index (χ3n) is 7.57. The number of fused-ring (bicyclic) bond motifs is 3. The van der Waals surface area contributed by atoms with Crippen molar-refractivity contribution in [1.82, 2.24) is 9.55 Å². The predicted octanol–water partition coefficient (Wildman–Crippen LogP) is 4.84. The highest BCUT2D eigenvalue weighted by Crippen LogP contribution is 2.42. The van der Waals surface area contributed by atoms with Crippen molar-refractivity contribution in [3.63, 3.8) is 0 Å². The number of hydrogen-bond donors (Lipinski definition) is 2. The number of methoxy groups -OCH3 is 1. The van der Waals surface area contributed by atoms with Crippen LogP contribution in [0.2, 0.25) is 0 Å². The van der Waals surface area contributed by atoms with E-state index in [1.54, 1.807) is 4.90 Å². The summed E-state index contributed by atoms with van der Waals surface area (Å²) in [6, 6.07) is 13.2. The number of hydrogen-bond acceptors (Lipinski definition) is 5. The Bertz CT molecular complexity index is 1250. The molecule has 0 bridgehead atoms. The molecule has 4 atom stereocenters. The molecule has 2 heterocycles. The van der Waals surface area contributed by atoms with E-state index in [2.05, 4.69) is 4.57 Å². The van der Waals surface area contributed by atoms with E-state index in [0.717, 1.165) is 53.5 Å². The number of carbonyl (C=O) groups excluding carboxylic acids is 1. The van der Waals surface area contributed by atoms with E-state index in [-0.39, 0.29) is 12.1 Å². The van der Waals surface area contributed by atoms with Crippen molar-refractivity contribution in [2.45, 2.75) is 63.6 Å². The lowest BCUT2D eigenvalue weighted by Gasteiger charge is -2.34. The molecule has 0 saturated heterocycles. The summed E-state index contributed by atoms with van der Waals surface area (Å²) in [7, 11) is 1.38. The van der Waals surface area contributed by atoms with E-state index in [9.17, 15) is 19.8 Å². The van der Waals surface area contributed by atoms with Crippen molar-refractivity contribution in [3.05, 3.63) is 59.4 Å². The fourth-order valence-corrected chi connectivity index (χ4v) is 5.78. The fraction of sp³-hybridized carbons (Fsp3) is 0.444. The average Bonchev–Trinajstić information content (AvgIpc) is 3.28. The maximum atomic E-state index is 12.6. The van der Waals surface area contributed by atoms with Gasteiger partial charge in [-0.25, -0.2) is 9.78 Å². The second kappa shape index (κ2) is 9.34. The molecular formula is C27H31N3O5. The van der Waals surface area contributed by atoms with Crippen LogP contribution in [-0.2, 0) is 16.0 Å². The molecule has 2 unspecified atom stereocenters. The number of aliphatic hydroxyl groups excluding tert-OH is 1. The van der Waals surface area contributed by atoms with Crippen molar-refractivity contribution in [2.75, 3.05) is 12.0 Å². The summed E-state index contributed by atoms with van der Waals surface area (Å²) in [5.74, 6) is -0.676. The monoisotopic (exact) mass is 477 g/mol. The Morgan fingerprint density at radius 3 is 2.60 bits per heavy atom. The van der Waals surface area contributed by atoms with Crippen LogP contribution in [0.5, 0.6) is 0 Å². The number of nitrogens with zero attached hydrogens (tertiary/aromatic N) is 3. The van der Waals surface area contributed by atoms with E-state index in [1.165, 1.54) is 7.11 Å². The molecule has 3 aromatic rings. The lowest BCUT2D eigenvalue weighted by atomic mass is 9.85. The van der Waals surface area contributed by atoms with Crippen LogP contribution in [0.1, 0.15) is 68.1 Å². The number of benzene rings is 2. The number of rotatable bonds is 4. The minimum atomic E-state index is -0.955. The summed E-state index contributed by atoms with van der Waals surface area (Å²) < 4.78 is 7.11. The Labute approximate surface area is 204 Å². The zero-order valence-corrected chi connectivity index (χ0v) is 20.1. The molecule has 0 spiro atoms. The molecule has 0 radical (unpaired) electrons. The van der Waals surface area contributed by atoms with Crippen molar-refractivity contribution in [3.8, 4) is 0 Å². The second-order valence-electron chi connectivity index (χ2n) is 9.67. The number of carboxylic acid groups (broad SMARTS) is 1. The number of carboxylic acids is 1. The van der Waals surface area contributed by atoms with Gasteiger partial charge in [-0.2, -0.15) is 0 Å². The first kappa shape index (κ1) is 23.4. The molecule has 8 heteroatoms. The number of carbonyl (C=O) groups is 2. The number of imidazole rings is 1. The number of amides is 1. The van der Waals surface area contributed by atoms with Crippen LogP contribution in [0.15, 0.2) is 42.5 Å². The number of aryl methyl sites for hydroxylation is 1. The van der Waals surface area contributed by atoms with E-state index >= 15 is 0 Å². The van der Waals surface area contributed by atoms with Crippen molar-refractivity contribution in [1.29, 1.82) is 0 Å². The van der Waals surface area contributed by atoms with Crippen LogP contribution in [0.25, 0.3) is 11.0 Å². The molecule has 5 rings (SSSR count). The fourth-order valence-electron chi connectivity index (χ4n) is 5.78. The van der Waals surface area contributed by atoms with Gasteiger partial charge in [-0.15, -0.1) is 0 Å². The molecule has 2 N–H and O–H groups in total. The maximum Gasteiger partial charge on any atom is 0.414 e. The molecule has 1 aliphatic heterocycles. The van der Waals surface area contributed by atoms with Gasteiger partial charge in [0.1, 0.15) is 11.9 Å². The largest absolute Gasteiger partial charge is 0.481 e. The van der Waals surface area contributed by atoms with Gasteiger partial charge in [-0.1, -0.05) is 36.8 Å². The first-order chi connectivity index (χ1) is 16.9. The molecule has 8 nitrogen and oxygen atoms in total. The van der Waals surface area contributed by atoms with E-state index in [0.29, 0.717) is 18.7 Å². The standard InChI is InChI=1S/C27H31N3O5/c1-16-11-12-20-21(29(16)27(34)35-2)13-14-22-23(20)28-25(24(31)17-7-4-3-5-8-17)30(22)19-10-6-9-18(15-19)26(32)33/h3-5,7-8,13-14,16,18-19,24,31H,6,9-12,15H2,1-2H3,(H,32,33)/t16-,18?,19?,24+/m0/s1. The molecule has 35 heavy (non-hydrogen) atoms. The lowest BCUT2D eigenvalue weighted by molar-refractivity contribution is -0.143. The zero-order valence-electron chi connectivity index (χ0n) is 20.1. The quantitative estimate of drug-likeness (QED) is 0.557. The van der Waals surface area contributed by atoms with Gasteiger partial charge in [-0.3, -0.25) is 9.69 Å². The smallest absolute Gasteiger partial charge is 0.414 e. The summed E-state index contributed by atoms with van der Waals surface area (Å²) in [6.07, 6.45) is 2.96. The third-order valence-corrected chi connectivity index (χ3v) is 7.57. The van der Waals surface area contributed by atoms with Crippen LogP contribution in [-0.4, -0.2) is 45.0 Å². The van der Waals surface area contributed by atoms with Crippen LogP contribution < -0.4 is 4.90 Å². The highest BCUT2D eigenvalue weighted by atomic mass is 16.5. The van der Waals surface area contributed by atoms with Crippen molar-refractivity contribution >= 4 is 28.8 Å². The molecule has 1 aromatic heterocycles. The van der Waals surface area contributed by atoms with Gasteiger partial charge in [0.05, 0.1) is 29.7 Å². The maximum absolute atomic E-state index is 12.6. The van der Waals surface area contributed by atoms with Crippen LogP contribution in [0, 0.1) is 5.92 Å². The molecule has 184 valence electrons. The summed E-state index contributed by atoms with van der Waals surface area (Å²) >= 11 is 0. The van der Waals surface area contributed by atoms with Gasteiger partial charge in [0, 0.05) is 17.6 Å². The average molecular weight is 478 g/mol. The third kappa shape index (κ3) is 4.05. The van der Waals surface area contributed by atoms with E-state index in [4.69, 9.17) is 9.72 Å². The molecule has 2 aromatic carbocycles. The first-order valence-corrected chi connectivity index (χ1v) is 12.3. The van der Waals surface area contributed by atoms with Crippen LogP contribution >= 0.6 is 0 Å². The van der Waals surface area contributed by atoms with Gasteiger partial charge in [0.2, 0.25) is 0 Å². The summed E-state index contributed by atoms with van der Waals surface area (Å²) in [5, 5.41) is 21.1. The summed E-state index contributed by atoms with van der Waals surface area (Å²) in [4.78, 5) is 31.0. The lowest BCUT2D eigenvalue weighted by Crippen LogP contribution is -2.42. The van der Waals surface area contributed by atoms with Crippen molar-refractivity contribution in [2.24, 2.45) is 5.92 Å². The van der Waals surface area contributed by atoms with Gasteiger partial charge in [-0.05, 0) is 56.7 Å². The topological polar surface area (TPSA) is 105 Å². The van der Waals surface area contributed by atoms with Gasteiger partial charge in [0.15, 0.2) is 0 Å². The molecule has 1 saturated carbocycles. The SMILES string of the molecule is COC(=O)N1c2ccc3c(nc([C@H](O)c4ccccc4)n3C3CCCC(C(=O)O)C3)c2CC[C@@H]1C. The highest BCUT2D eigenvalue weighted by Gasteiger charge is 2.35. The Hall–Kier alpha value is -3.39. The Morgan fingerprint density at radius 1 is 1.11 bits per heavy atom. The molecule has 1 fully saturated rings. The van der Waals surface area contributed by atoms with Gasteiger partial charge < -0.3 is 19.5 Å². The highest BCUT2D eigenvalue weighted by molar-refractivity contribution is 5.95. The minimum absolute atomic E-state index is 0.00136. The Kier molecular flexibility index (Phi) is 6.23. The molecular weight excluding hydrogens is 446 g/mol. The predicted molar refractivity (Wildman–Crippen MR) is 132 cm³/mol. The number of ether oxygens (including phenoxy) is 1. The van der Waals surface area contributed by atoms with Gasteiger partial charge in [0.25, 0.3) is 0 Å². The Balaban J connectivity index is 1.69. The molecule has 1 amide bonds. The number of aliphatic carboxylic acids is 1. The zero-order chi connectivity index (χ0) is 24.7.